The highest BCUT2D eigenvalue weighted by molar-refractivity contribution is 5.40. The van der Waals surface area contributed by atoms with Gasteiger partial charge in [-0.15, -0.1) is 0 Å². The van der Waals surface area contributed by atoms with E-state index >= 15 is 0 Å². The zero-order chi connectivity index (χ0) is 11.3. The summed E-state index contributed by atoms with van der Waals surface area (Å²) >= 11 is 0. The van der Waals surface area contributed by atoms with Crippen molar-refractivity contribution >= 4 is 5.82 Å². The van der Waals surface area contributed by atoms with Crippen LogP contribution >= 0.6 is 0 Å². The Morgan fingerprint density at radius 1 is 1.47 bits per heavy atom. The molecule has 4 heteroatoms. The van der Waals surface area contributed by atoms with E-state index in [1.54, 1.807) is 6.20 Å². The molecule has 3 N–H and O–H groups in total. The van der Waals surface area contributed by atoms with Gasteiger partial charge in [0.25, 0.3) is 0 Å². The average Bonchev–Trinajstić information content (AvgIpc) is 2.26. The van der Waals surface area contributed by atoms with E-state index in [1.165, 1.54) is 0 Å². The third-order valence-electron chi connectivity index (χ3n) is 2.30. The standard InChI is InChI=1S/C11H19N3O/c1-9(2)14(5-6-15)11-4-3-10(7-12)8-13-11/h3-4,8-9,15H,5-7,12H2,1-2H3. The molecule has 0 atom stereocenters. The van der Waals surface area contributed by atoms with Gasteiger partial charge in [-0.1, -0.05) is 6.07 Å². The topological polar surface area (TPSA) is 62.4 Å². The quantitative estimate of drug-likeness (QED) is 0.751. The van der Waals surface area contributed by atoms with Crippen molar-refractivity contribution in [3.05, 3.63) is 23.9 Å². The second-order valence-corrected chi connectivity index (χ2v) is 3.74. The zero-order valence-electron chi connectivity index (χ0n) is 9.35. The first-order valence-electron chi connectivity index (χ1n) is 5.21. The molecule has 0 unspecified atom stereocenters. The Bertz CT molecular complexity index is 284. The van der Waals surface area contributed by atoms with Crippen LogP contribution < -0.4 is 10.6 Å². The number of nitrogens with two attached hydrogens (primary N) is 1. The molecular formula is C11H19N3O. The number of aliphatic hydroxyl groups is 1. The number of aliphatic hydroxyl groups excluding tert-OH is 1. The van der Waals surface area contributed by atoms with Crippen molar-refractivity contribution in [1.82, 2.24) is 4.98 Å². The molecule has 0 saturated heterocycles. The van der Waals surface area contributed by atoms with Crippen molar-refractivity contribution in [3.8, 4) is 0 Å². The van der Waals surface area contributed by atoms with E-state index in [1.807, 2.05) is 12.1 Å². The predicted octanol–water partition coefficient (Wildman–Crippen LogP) is 0.747. The summed E-state index contributed by atoms with van der Waals surface area (Å²) in [6, 6.07) is 4.24. The van der Waals surface area contributed by atoms with Gasteiger partial charge in [-0.2, -0.15) is 0 Å². The van der Waals surface area contributed by atoms with Crippen molar-refractivity contribution in [2.75, 3.05) is 18.1 Å². The van der Waals surface area contributed by atoms with Gasteiger partial charge in [-0.25, -0.2) is 4.98 Å². The minimum absolute atomic E-state index is 0.137. The monoisotopic (exact) mass is 209 g/mol. The minimum Gasteiger partial charge on any atom is -0.395 e. The number of anilines is 1. The molecule has 15 heavy (non-hydrogen) atoms. The van der Waals surface area contributed by atoms with Crippen molar-refractivity contribution in [1.29, 1.82) is 0 Å². The van der Waals surface area contributed by atoms with Crippen LogP contribution in [-0.4, -0.2) is 29.3 Å². The molecule has 0 aliphatic carbocycles. The normalized spacial score (nSPS) is 10.7. The fourth-order valence-corrected chi connectivity index (χ4v) is 1.45. The molecule has 0 amide bonds. The summed E-state index contributed by atoms with van der Waals surface area (Å²) < 4.78 is 0. The number of hydrogen-bond acceptors (Lipinski definition) is 4. The predicted molar refractivity (Wildman–Crippen MR) is 61.7 cm³/mol. The number of aromatic nitrogens is 1. The van der Waals surface area contributed by atoms with Gasteiger partial charge in [0.2, 0.25) is 0 Å². The smallest absolute Gasteiger partial charge is 0.128 e. The van der Waals surface area contributed by atoms with Crippen LogP contribution in [0.2, 0.25) is 0 Å². The molecule has 0 aliphatic rings. The number of nitrogens with zero attached hydrogens (tertiary/aromatic N) is 2. The van der Waals surface area contributed by atoms with E-state index in [0.717, 1.165) is 11.4 Å². The van der Waals surface area contributed by atoms with Gasteiger partial charge >= 0.3 is 0 Å². The van der Waals surface area contributed by atoms with E-state index in [2.05, 4.69) is 23.7 Å². The summed E-state index contributed by atoms with van der Waals surface area (Å²) in [5.41, 5.74) is 6.52. The van der Waals surface area contributed by atoms with Gasteiger partial charge < -0.3 is 15.7 Å². The van der Waals surface area contributed by atoms with Crippen LogP contribution in [0, 0.1) is 0 Å². The Kier molecular flexibility index (Phi) is 4.52. The molecule has 1 aromatic rings. The Morgan fingerprint density at radius 2 is 2.20 bits per heavy atom. The molecule has 1 heterocycles. The third-order valence-corrected chi connectivity index (χ3v) is 2.30. The van der Waals surface area contributed by atoms with E-state index in [-0.39, 0.29) is 6.61 Å². The molecule has 0 spiro atoms. The lowest BCUT2D eigenvalue weighted by Crippen LogP contribution is -2.34. The summed E-state index contributed by atoms with van der Waals surface area (Å²) in [5.74, 6) is 0.885. The second-order valence-electron chi connectivity index (χ2n) is 3.74. The highest BCUT2D eigenvalue weighted by atomic mass is 16.3. The lowest BCUT2D eigenvalue weighted by atomic mass is 10.2. The Balaban J connectivity index is 2.81. The van der Waals surface area contributed by atoms with Crippen LogP contribution in [0.15, 0.2) is 18.3 Å². The van der Waals surface area contributed by atoms with Crippen molar-refractivity contribution in [3.63, 3.8) is 0 Å². The van der Waals surface area contributed by atoms with E-state index in [4.69, 9.17) is 10.8 Å². The molecular weight excluding hydrogens is 190 g/mol. The summed E-state index contributed by atoms with van der Waals surface area (Å²) in [6.45, 7) is 5.41. The van der Waals surface area contributed by atoms with Crippen LogP contribution in [0.4, 0.5) is 5.82 Å². The minimum atomic E-state index is 0.137. The highest BCUT2D eigenvalue weighted by Gasteiger charge is 2.10. The van der Waals surface area contributed by atoms with Crippen LogP contribution in [0.3, 0.4) is 0 Å². The first-order valence-corrected chi connectivity index (χ1v) is 5.21. The summed E-state index contributed by atoms with van der Waals surface area (Å²) in [7, 11) is 0. The van der Waals surface area contributed by atoms with Crippen LogP contribution in [0.25, 0.3) is 0 Å². The van der Waals surface area contributed by atoms with Crippen molar-refractivity contribution in [2.45, 2.75) is 26.4 Å². The third kappa shape index (κ3) is 3.18. The fourth-order valence-electron chi connectivity index (χ4n) is 1.45. The van der Waals surface area contributed by atoms with Gasteiger partial charge in [0.15, 0.2) is 0 Å². The van der Waals surface area contributed by atoms with Crippen LogP contribution in [-0.2, 0) is 6.54 Å². The van der Waals surface area contributed by atoms with E-state index < -0.39 is 0 Å². The molecule has 4 nitrogen and oxygen atoms in total. The number of pyridine rings is 1. The van der Waals surface area contributed by atoms with Crippen LogP contribution in [0.1, 0.15) is 19.4 Å². The molecule has 1 aromatic heterocycles. The van der Waals surface area contributed by atoms with Gasteiger partial charge in [0.05, 0.1) is 6.61 Å². The number of hydrogen-bond donors (Lipinski definition) is 2. The van der Waals surface area contributed by atoms with Gasteiger partial charge in [0, 0.05) is 25.3 Å². The summed E-state index contributed by atoms with van der Waals surface area (Å²) in [6.07, 6.45) is 1.78. The summed E-state index contributed by atoms with van der Waals surface area (Å²) in [5, 5.41) is 8.96. The average molecular weight is 209 g/mol. The summed E-state index contributed by atoms with van der Waals surface area (Å²) in [4.78, 5) is 6.38. The molecule has 84 valence electrons. The van der Waals surface area contributed by atoms with E-state index in [0.29, 0.717) is 19.1 Å². The maximum atomic E-state index is 8.96. The van der Waals surface area contributed by atoms with Gasteiger partial charge in [-0.3, -0.25) is 0 Å². The van der Waals surface area contributed by atoms with Gasteiger partial charge in [-0.05, 0) is 25.5 Å². The maximum Gasteiger partial charge on any atom is 0.128 e. The lowest BCUT2D eigenvalue weighted by Gasteiger charge is -2.27. The Hall–Kier alpha value is -1.13. The van der Waals surface area contributed by atoms with Crippen molar-refractivity contribution < 1.29 is 5.11 Å². The molecule has 0 saturated carbocycles. The maximum absolute atomic E-state index is 8.96. The highest BCUT2D eigenvalue weighted by Crippen LogP contribution is 2.13. The zero-order valence-corrected chi connectivity index (χ0v) is 9.35. The largest absolute Gasteiger partial charge is 0.395 e. The Labute approximate surface area is 90.7 Å². The SMILES string of the molecule is CC(C)N(CCO)c1ccc(CN)cn1. The van der Waals surface area contributed by atoms with Gasteiger partial charge in [0.1, 0.15) is 5.82 Å². The molecule has 0 aliphatic heterocycles. The first kappa shape index (κ1) is 11.9. The van der Waals surface area contributed by atoms with Crippen LogP contribution in [0.5, 0.6) is 0 Å². The first-order chi connectivity index (χ1) is 7.19. The fraction of sp³-hybridized carbons (Fsp3) is 0.545. The molecule has 0 radical (unpaired) electrons. The molecule has 0 bridgehead atoms. The molecule has 0 aromatic carbocycles. The molecule has 1 rings (SSSR count). The molecule has 0 fully saturated rings. The van der Waals surface area contributed by atoms with E-state index in [9.17, 15) is 0 Å². The second kappa shape index (κ2) is 5.68. The Morgan fingerprint density at radius 3 is 2.60 bits per heavy atom. The van der Waals surface area contributed by atoms with Crippen molar-refractivity contribution in [2.24, 2.45) is 5.73 Å². The number of rotatable bonds is 5. The lowest BCUT2D eigenvalue weighted by molar-refractivity contribution is 0.298.